The van der Waals surface area contributed by atoms with E-state index in [2.05, 4.69) is 17.1 Å². The third kappa shape index (κ3) is 1.99. The summed E-state index contributed by atoms with van der Waals surface area (Å²) in [6, 6.07) is 0. The lowest BCUT2D eigenvalue weighted by Crippen LogP contribution is -2.18. The monoisotopic (exact) mass is 142 g/mol. The molecule has 0 saturated carbocycles. The van der Waals surface area contributed by atoms with Gasteiger partial charge in [0.05, 0.1) is 5.71 Å². The van der Waals surface area contributed by atoms with E-state index in [1.54, 1.807) is 0 Å². The minimum Gasteiger partial charge on any atom is -0.411 e. The van der Waals surface area contributed by atoms with E-state index in [9.17, 15) is 0 Å². The number of likely N-dealkylation sites (tertiary alicyclic amines) is 1. The molecule has 0 radical (unpaired) electrons. The fraction of sp³-hybridized carbons (Fsp3) is 0.857. The highest BCUT2D eigenvalue weighted by atomic mass is 16.4. The van der Waals surface area contributed by atoms with E-state index in [1.807, 2.05) is 0 Å². The molecule has 0 atom stereocenters. The van der Waals surface area contributed by atoms with Crippen LogP contribution in [0.25, 0.3) is 0 Å². The van der Waals surface area contributed by atoms with Crippen LogP contribution in [0.15, 0.2) is 5.16 Å². The van der Waals surface area contributed by atoms with Crippen molar-refractivity contribution in [2.24, 2.45) is 5.16 Å². The van der Waals surface area contributed by atoms with E-state index in [4.69, 9.17) is 5.21 Å². The van der Waals surface area contributed by atoms with Gasteiger partial charge in [0.15, 0.2) is 0 Å². The second-order valence-electron chi connectivity index (χ2n) is 2.82. The highest BCUT2D eigenvalue weighted by molar-refractivity contribution is 5.84. The molecule has 3 heteroatoms. The highest BCUT2D eigenvalue weighted by Crippen LogP contribution is 2.05. The summed E-state index contributed by atoms with van der Waals surface area (Å²) in [5, 5.41) is 11.7. The van der Waals surface area contributed by atoms with Gasteiger partial charge in [0, 0.05) is 13.0 Å². The molecule has 1 aliphatic rings. The Morgan fingerprint density at radius 1 is 1.40 bits per heavy atom. The maximum atomic E-state index is 8.47. The Kier molecular flexibility index (Phi) is 2.68. The Morgan fingerprint density at radius 3 is 2.90 bits per heavy atom. The van der Waals surface area contributed by atoms with Gasteiger partial charge in [-0.1, -0.05) is 5.16 Å². The van der Waals surface area contributed by atoms with Crippen molar-refractivity contribution in [2.75, 3.05) is 20.1 Å². The summed E-state index contributed by atoms with van der Waals surface area (Å²) in [6.45, 7) is 2.15. The van der Waals surface area contributed by atoms with Crippen molar-refractivity contribution in [3.05, 3.63) is 0 Å². The molecule has 0 spiro atoms. The van der Waals surface area contributed by atoms with Gasteiger partial charge in [-0.2, -0.15) is 0 Å². The van der Waals surface area contributed by atoms with Gasteiger partial charge in [-0.05, 0) is 26.4 Å². The van der Waals surface area contributed by atoms with Gasteiger partial charge < -0.3 is 10.1 Å². The lowest BCUT2D eigenvalue weighted by molar-refractivity contribution is 0.315. The molecule has 1 heterocycles. The van der Waals surface area contributed by atoms with Crippen molar-refractivity contribution in [3.8, 4) is 0 Å². The van der Waals surface area contributed by atoms with Gasteiger partial charge in [-0.25, -0.2) is 0 Å². The minimum atomic E-state index is 0.924. The predicted molar refractivity (Wildman–Crippen MR) is 40.6 cm³/mol. The van der Waals surface area contributed by atoms with Crippen molar-refractivity contribution in [1.82, 2.24) is 4.90 Å². The number of hydrogen-bond acceptors (Lipinski definition) is 3. The van der Waals surface area contributed by atoms with Crippen LogP contribution >= 0.6 is 0 Å². The second-order valence-corrected chi connectivity index (χ2v) is 2.82. The average Bonchev–Trinajstić information content (AvgIpc) is 2.14. The molecule has 0 aromatic heterocycles. The zero-order chi connectivity index (χ0) is 7.40. The minimum absolute atomic E-state index is 0.924. The van der Waals surface area contributed by atoms with Crippen LogP contribution in [0.5, 0.6) is 0 Å². The summed E-state index contributed by atoms with van der Waals surface area (Å²) in [6.07, 6.45) is 3.00. The molecule has 0 aromatic carbocycles. The highest BCUT2D eigenvalue weighted by Gasteiger charge is 2.08. The molecule has 0 unspecified atom stereocenters. The van der Waals surface area contributed by atoms with E-state index in [1.165, 1.54) is 0 Å². The SMILES string of the molecule is CN1CCC/C(=N\O)CC1. The van der Waals surface area contributed by atoms with Gasteiger partial charge in [0.25, 0.3) is 0 Å². The number of oxime groups is 1. The maximum Gasteiger partial charge on any atom is 0.0584 e. The van der Waals surface area contributed by atoms with Crippen molar-refractivity contribution in [1.29, 1.82) is 0 Å². The molecule has 3 nitrogen and oxygen atoms in total. The van der Waals surface area contributed by atoms with E-state index < -0.39 is 0 Å². The quantitative estimate of drug-likeness (QED) is 0.403. The Morgan fingerprint density at radius 2 is 2.20 bits per heavy atom. The largest absolute Gasteiger partial charge is 0.411 e. The van der Waals surface area contributed by atoms with E-state index in [0.717, 1.165) is 38.1 Å². The van der Waals surface area contributed by atoms with Crippen molar-refractivity contribution >= 4 is 5.71 Å². The first kappa shape index (κ1) is 7.54. The lowest BCUT2D eigenvalue weighted by atomic mass is 10.2. The van der Waals surface area contributed by atoms with E-state index >= 15 is 0 Å². The van der Waals surface area contributed by atoms with Gasteiger partial charge in [0.2, 0.25) is 0 Å². The Labute approximate surface area is 61.3 Å². The summed E-state index contributed by atoms with van der Waals surface area (Å²) >= 11 is 0. The summed E-state index contributed by atoms with van der Waals surface area (Å²) in [4.78, 5) is 2.26. The summed E-state index contributed by atoms with van der Waals surface area (Å²) in [7, 11) is 2.10. The van der Waals surface area contributed by atoms with Crippen molar-refractivity contribution in [3.63, 3.8) is 0 Å². The van der Waals surface area contributed by atoms with Crippen LogP contribution in [0.3, 0.4) is 0 Å². The fourth-order valence-corrected chi connectivity index (χ4v) is 1.21. The van der Waals surface area contributed by atoms with E-state index in [0.29, 0.717) is 0 Å². The maximum absolute atomic E-state index is 8.47. The van der Waals surface area contributed by atoms with Crippen LogP contribution in [0.4, 0.5) is 0 Å². The van der Waals surface area contributed by atoms with Crippen LogP contribution in [0, 0.1) is 0 Å². The van der Waals surface area contributed by atoms with Crippen molar-refractivity contribution in [2.45, 2.75) is 19.3 Å². The van der Waals surface area contributed by atoms with Gasteiger partial charge in [-0.15, -0.1) is 0 Å². The molecule has 0 bridgehead atoms. The summed E-state index contributed by atoms with van der Waals surface area (Å²) < 4.78 is 0. The molecule has 1 rings (SSSR count). The average molecular weight is 142 g/mol. The number of nitrogens with zero attached hydrogens (tertiary/aromatic N) is 2. The van der Waals surface area contributed by atoms with Crippen LogP contribution in [-0.4, -0.2) is 36.0 Å². The molecule has 1 aliphatic heterocycles. The predicted octanol–water partition coefficient (Wildman–Crippen LogP) is 0.932. The Bertz CT molecular complexity index is 134. The molecule has 1 saturated heterocycles. The van der Waals surface area contributed by atoms with Crippen LogP contribution in [0.2, 0.25) is 0 Å². The molecular formula is C7H14N2O. The Hall–Kier alpha value is -0.570. The lowest BCUT2D eigenvalue weighted by Gasteiger charge is -2.10. The molecule has 0 aromatic rings. The number of hydrogen-bond donors (Lipinski definition) is 1. The molecule has 0 amide bonds. The molecule has 58 valence electrons. The molecular weight excluding hydrogens is 128 g/mol. The first-order valence-electron chi connectivity index (χ1n) is 3.71. The molecule has 1 N–H and O–H groups in total. The first-order chi connectivity index (χ1) is 4.83. The number of rotatable bonds is 0. The zero-order valence-electron chi connectivity index (χ0n) is 6.38. The third-order valence-electron chi connectivity index (χ3n) is 1.93. The van der Waals surface area contributed by atoms with Crippen LogP contribution < -0.4 is 0 Å². The molecule has 10 heavy (non-hydrogen) atoms. The van der Waals surface area contributed by atoms with Crippen LogP contribution in [-0.2, 0) is 0 Å². The normalized spacial score (nSPS) is 26.7. The standard InChI is InChI=1S/C7H14N2O/c1-9-5-2-3-7(8-10)4-6-9/h10H,2-6H2,1H3/b8-7+. The van der Waals surface area contributed by atoms with Gasteiger partial charge in [0.1, 0.15) is 0 Å². The van der Waals surface area contributed by atoms with Gasteiger partial charge >= 0.3 is 0 Å². The third-order valence-corrected chi connectivity index (χ3v) is 1.93. The summed E-state index contributed by atoms with van der Waals surface area (Å²) in [5.41, 5.74) is 0.948. The molecule has 0 aliphatic carbocycles. The first-order valence-corrected chi connectivity index (χ1v) is 3.71. The van der Waals surface area contributed by atoms with E-state index in [-0.39, 0.29) is 0 Å². The second kappa shape index (κ2) is 3.56. The van der Waals surface area contributed by atoms with Gasteiger partial charge in [-0.3, -0.25) is 0 Å². The van der Waals surface area contributed by atoms with Crippen molar-refractivity contribution < 1.29 is 5.21 Å². The fourth-order valence-electron chi connectivity index (χ4n) is 1.21. The van der Waals surface area contributed by atoms with Crippen LogP contribution in [0.1, 0.15) is 19.3 Å². The molecule has 1 fully saturated rings. The zero-order valence-corrected chi connectivity index (χ0v) is 6.38. The smallest absolute Gasteiger partial charge is 0.0584 e. The summed E-state index contributed by atoms with van der Waals surface area (Å²) in [5.74, 6) is 0. The topological polar surface area (TPSA) is 35.8 Å². The Balaban J connectivity index is 2.41.